The van der Waals surface area contributed by atoms with Crippen LogP contribution in [-0.4, -0.2) is 48.5 Å². The van der Waals surface area contributed by atoms with E-state index >= 15 is 0 Å². The SMILES string of the molecule is CCn1cc(CN(C)C(=O)c2nn(C)cc2C(=O)O)cn1. The van der Waals surface area contributed by atoms with E-state index in [0.29, 0.717) is 6.54 Å². The molecule has 0 fully saturated rings. The minimum absolute atomic E-state index is 0.0598. The van der Waals surface area contributed by atoms with E-state index in [-0.39, 0.29) is 11.3 Å². The molecule has 0 spiro atoms. The zero-order chi connectivity index (χ0) is 15.6. The summed E-state index contributed by atoms with van der Waals surface area (Å²) in [7, 11) is 3.18. The van der Waals surface area contributed by atoms with Gasteiger partial charge in [-0.15, -0.1) is 0 Å². The third-order valence-electron chi connectivity index (χ3n) is 3.04. The van der Waals surface area contributed by atoms with Gasteiger partial charge >= 0.3 is 5.97 Å². The summed E-state index contributed by atoms with van der Waals surface area (Å²) >= 11 is 0. The van der Waals surface area contributed by atoms with Crippen molar-refractivity contribution >= 4 is 11.9 Å². The highest BCUT2D eigenvalue weighted by molar-refractivity contribution is 6.03. The minimum Gasteiger partial charge on any atom is -0.478 e. The van der Waals surface area contributed by atoms with Crippen LogP contribution < -0.4 is 0 Å². The third kappa shape index (κ3) is 3.10. The predicted molar refractivity (Wildman–Crippen MR) is 73.9 cm³/mol. The Hall–Kier alpha value is -2.64. The van der Waals surface area contributed by atoms with E-state index in [1.165, 1.54) is 15.8 Å². The lowest BCUT2D eigenvalue weighted by atomic mass is 10.2. The number of carboxylic acids is 1. The summed E-state index contributed by atoms with van der Waals surface area (Å²) in [6.07, 6.45) is 4.85. The van der Waals surface area contributed by atoms with Crippen molar-refractivity contribution in [3.63, 3.8) is 0 Å². The Morgan fingerprint density at radius 2 is 2.10 bits per heavy atom. The van der Waals surface area contributed by atoms with Crippen molar-refractivity contribution in [3.8, 4) is 0 Å². The van der Waals surface area contributed by atoms with Crippen LogP contribution in [0.4, 0.5) is 0 Å². The van der Waals surface area contributed by atoms with Crippen LogP contribution in [0.15, 0.2) is 18.6 Å². The highest BCUT2D eigenvalue weighted by Gasteiger charge is 2.24. The smallest absolute Gasteiger partial charge is 0.339 e. The summed E-state index contributed by atoms with van der Waals surface area (Å²) in [6.45, 7) is 3.06. The Morgan fingerprint density at radius 1 is 1.38 bits per heavy atom. The maximum atomic E-state index is 12.3. The number of hydrogen-bond donors (Lipinski definition) is 1. The quantitative estimate of drug-likeness (QED) is 0.871. The summed E-state index contributed by atoms with van der Waals surface area (Å²) in [5, 5.41) is 17.2. The first-order chi connectivity index (χ1) is 9.92. The van der Waals surface area contributed by atoms with E-state index in [9.17, 15) is 9.59 Å². The van der Waals surface area contributed by atoms with Crippen molar-refractivity contribution in [3.05, 3.63) is 35.4 Å². The maximum absolute atomic E-state index is 12.3. The molecule has 8 heteroatoms. The van der Waals surface area contributed by atoms with Gasteiger partial charge < -0.3 is 10.0 Å². The zero-order valence-electron chi connectivity index (χ0n) is 12.1. The highest BCUT2D eigenvalue weighted by Crippen LogP contribution is 2.11. The van der Waals surface area contributed by atoms with Gasteiger partial charge in [0.1, 0.15) is 5.56 Å². The van der Waals surface area contributed by atoms with Crippen molar-refractivity contribution in [2.24, 2.45) is 7.05 Å². The number of hydrogen-bond acceptors (Lipinski definition) is 4. The van der Waals surface area contributed by atoms with E-state index in [2.05, 4.69) is 10.2 Å². The molecule has 0 unspecified atom stereocenters. The van der Waals surface area contributed by atoms with Crippen LogP contribution in [0.2, 0.25) is 0 Å². The Kier molecular flexibility index (Phi) is 4.06. The lowest BCUT2D eigenvalue weighted by Gasteiger charge is -2.15. The molecule has 2 heterocycles. The minimum atomic E-state index is -1.17. The number of carboxylic acid groups (broad SMARTS) is 1. The van der Waals surface area contributed by atoms with Crippen molar-refractivity contribution in [2.75, 3.05) is 7.05 Å². The van der Waals surface area contributed by atoms with E-state index < -0.39 is 11.9 Å². The van der Waals surface area contributed by atoms with E-state index in [0.717, 1.165) is 12.1 Å². The number of nitrogens with zero attached hydrogens (tertiary/aromatic N) is 5. The van der Waals surface area contributed by atoms with Gasteiger partial charge in [0.15, 0.2) is 5.69 Å². The fourth-order valence-corrected chi connectivity index (χ4v) is 1.99. The zero-order valence-corrected chi connectivity index (χ0v) is 12.1. The van der Waals surface area contributed by atoms with Gasteiger partial charge in [-0.2, -0.15) is 10.2 Å². The Balaban J connectivity index is 2.17. The molecular weight excluding hydrogens is 274 g/mol. The van der Waals surface area contributed by atoms with Gasteiger partial charge in [0.05, 0.1) is 6.20 Å². The second kappa shape index (κ2) is 5.78. The molecule has 1 N–H and O–H groups in total. The average Bonchev–Trinajstić information content (AvgIpc) is 3.04. The Labute approximate surface area is 121 Å². The fourth-order valence-electron chi connectivity index (χ4n) is 1.99. The van der Waals surface area contributed by atoms with Gasteiger partial charge in [0.2, 0.25) is 0 Å². The van der Waals surface area contributed by atoms with Crippen LogP contribution in [-0.2, 0) is 20.1 Å². The largest absolute Gasteiger partial charge is 0.478 e. The number of amides is 1. The number of aromatic nitrogens is 4. The second-order valence-corrected chi connectivity index (χ2v) is 4.74. The van der Waals surface area contributed by atoms with E-state index in [1.807, 2.05) is 13.1 Å². The van der Waals surface area contributed by atoms with Crippen LogP contribution in [0, 0.1) is 0 Å². The standard InChI is InChI=1S/C13H17N5O3/c1-4-18-7-9(5-14-18)6-16(2)12(19)11-10(13(20)21)8-17(3)15-11/h5,7-8H,4,6H2,1-3H3,(H,20,21). The molecule has 2 aromatic rings. The molecule has 0 aromatic carbocycles. The molecule has 0 aliphatic heterocycles. The van der Waals surface area contributed by atoms with Crippen molar-refractivity contribution in [1.29, 1.82) is 0 Å². The number of aromatic carboxylic acids is 1. The van der Waals surface area contributed by atoms with Gasteiger partial charge in [0, 0.05) is 45.1 Å². The third-order valence-corrected chi connectivity index (χ3v) is 3.04. The molecule has 0 atom stereocenters. The monoisotopic (exact) mass is 291 g/mol. The second-order valence-electron chi connectivity index (χ2n) is 4.74. The first kappa shape index (κ1) is 14.8. The van der Waals surface area contributed by atoms with Crippen LogP contribution in [0.25, 0.3) is 0 Å². The van der Waals surface area contributed by atoms with Crippen molar-refractivity contribution in [1.82, 2.24) is 24.5 Å². The Bertz CT molecular complexity index is 673. The molecule has 2 rings (SSSR count). The summed E-state index contributed by atoms with van der Waals surface area (Å²) < 4.78 is 3.08. The summed E-state index contributed by atoms with van der Waals surface area (Å²) in [5.41, 5.74) is 0.717. The molecule has 0 saturated heterocycles. The van der Waals surface area contributed by atoms with Gasteiger partial charge in [-0.1, -0.05) is 0 Å². The molecule has 0 radical (unpaired) electrons. The molecule has 2 aromatic heterocycles. The molecule has 0 aliphatic carbocycles. The molecule has 0 bridgehead atoms. The average molecular weight is 291 g/mol. The van der Waals surface area contributed by atoms with Crippen LogP contribution >= 0.6 is 0 Å². The van der Waals surface area contributed by atoms with Crippen LogP contribution in [0.3, 0.4) is 0 Å². The number of rotatable bonds is 5. The molecular formula is C13H17N5O3. The lowest BCUT2D eigenvalue weighted by Crippen LogP contribution is -2.28. The fraction of sp³-hybridized carbons (Fsp3) is 0.385. The summed E-state index contributed by atoms with van der Waals surface area (Å²) in [6, 6.07) is 0. The van der Waals surface area contributed by atoms with E-state index in [1.54, 1.807) is 25.0 Å². The molecule has 8 nitrogen and oxygen atoms in total. The summed E-state index contributed by atoms with van der Waals surface area (Å²) in [4.78, 5) is 24.9. The topological polar surface area (TPSA) is 93.2 Å². The maximum Gasteiger partial charge on any atom is 0.339 e. The van der Waals surface area contributed by atoms with Crippen LogP contribution in [0.5, 0.6) is 0 Å². The number of carbonyl (C=O) groups is 2. The number of carbonyl (C=O) groups excluding carboxylic acids is 1. The molecule has 0 saturated carbocycles. The number of aryl methyl sites for hydroxylation is 2. The molecule has 112 valence electrons. The van der Waals surface area contributed by atoms with Crippen molar-refractivity contribution in [2.45, 2.75) is 20.0 Å². The van der Waals surface area contributed by atoms with Gasteiger partial charge in [-0.25, -0.2) is 4.79 Å². The highest BCUT2D eigenvalue weighted by atomic mass is 16.4. The predicted octanol–water partition coefficient (Wildman–Crippen LogP) is 0.607. The van der Waals surface area contributed by atoms with Gasteiger partial charge in [0.25, 0.3) is 5.91 Å². The molecule has 0 aliphatic rings. The lowest BCUT2D eigenvalue weighted by molar-refractivity contribution is 0.0679. The van der Waals surface area contributed by atoms with Crippen LogP contribution in [0.1, 0.15) is 33.3 Å². The molecule has 1 amide bonds. The van der Waals surface area contributed by atoms with E-state index in [4.69, 9.17) is 5.11 Å². The van der Waals surface area contributed by atoms with Crippen molar-refractivity contribution < 1.29 is 14.7 Å². The van der Waals surface area contributed by atoms with Gasteiger partial charge in [-0.05, 0) is 6.92 Å². The first-order valence-corrected chi connectivity index (χ1v) is 6.46. The molecule has 21 heavy (non-hydrogen) atoms. The summed E-state index contributed by atoms with van der Waals surface area (Å²) in [5.74, 6) is -1.60. The normalized spacial score (nSPS) is 10.6. The van der Waals surface area contributed by atoms with Gasteiger partial charge in [-0.3, -0.25) is 14.2 Å². The Morgan fingerprint density at radius 3 is 2.67 bits per heavy atom. The first-order valence-electron chi connectivity index (χ1n) is 6.46.